The molecule has 0 amide bonds. The van der Waals surface area contributed by atoms with E-state index in [2.05, 4.69) is 5.32 Å². The zero-order valence-corrected chi connectivity index (χ0v) is 16.0. The minimum absolute atomic E-state index is 0.221. The molecule has 0 aliphatic carbocycles. The lowest BCUT2D eigenvalue weighted by atomic mass is 10.0. The summed E-state index contributed by atoms with van der Waals surface area (Å²) in [5.74, 6) is -0.221. The highest BCUT2D eigenvalue weighted by molar-refractivity contribution is 7.89. The van der Waals surface area contributed by atoms with Crippen molar-refractivity contribution in [1.29, 1.82) is 0 Å². The average molecular weight is 376 g/mol. The number of benzene rings is 2. The molecule has 0 aromatic heterocycles. The monoisotopic (exact) mass is 376 g/mol. The van der Waals surface area contributed by atoms with Gasteiger partial charge in [0.15, 0.2) is 0 Å². The highest BCUT2D eigenvalue weighted by Gasteiger charge is 2.29. The Morgan fingerprint density at radius 3 is 2.35 bits per heavy atom. The molecular weight excluding hydrogens is 351 g/mol. The van der Waals surface area contributed by atoms with Crippen molar-refractivity contribution in [2.75, 3.05) is 13.1 Å². The van der Waals surface area contributed by atoms with Crippen LogP contribution in [0.5, 0.6) is 0 Å². The van der Waals surface area contributed by atoms with Crippen molar-refractivity contribution in [3.63, 3.8) is 0 Å². The highest BCUT2D eigenvalue weighted by atomic mass is 32.2. The molecule has 1 aliphatic heterocycles. The number of nitrogens with one attached hydrogen (secondary N) is 1. The van der Waals surface area contributed by atoms with Gasteiger partial charge in [0.25, 0.3) is 0 Å². The minimum Gasteiger partial charge on any atom is -0.310 e. The summed E-state index contributed by atoms with van der Waals surface area (Å²) in [6.07, 6.45) is 1.54. The van der Waals surface area contributed by atoms with Crippen LogP contribution in [-0.4, -0.2) is 31.9 Å². The van der Waals surface area contributed by atoms with Crippen molar-refractivity contribution in [3.05, 3.63) is 65.0 Å². The van der Waals surface area contributed by atoms with Crippen LogP contribution in [-0.2, 0) is 16.6 Å². The van der Waals surface area contributed by atoms with E-state index in [-0.39, 0.29) is 11.9 Å². The van der Waals surface area contributed by atoms with Crippen LogP contribution in [0.3, 0.4) is 0 Å². The Kier molecular flexibility index (Phi) is 5.75. The zero-order valence-electron chi connectivity index (χ0n) is 15.2. The zero-order chi connectivity index (χ0) is 18.7. The van der Waals surface area contributed by atoms with Crippen molar-refractivity contribution < 1.29 is 12.8 Å². The van der Waals surface area contributed by atoms with Crippen molar-refractivity contribution in [2.24, 2.45) is 0 Å². The Bertz CT molecular complexity index is 858. The van der Waals surface area contributed by atoms with E-state index in [0.29, 0.717) is 24.5 Å². The molecule has 4 nitrogen and oxygen atoms in total. The van der Waals surface area contributed by atoms with Crippen LogP contribution in [0.4, 0.5) is 4.39 Å². The molecule has 0 radical (unpaired) electrons. The molecule has 0 saturated carbocycles. The molecule has 1 aliphatic rings. The summed E-state index contributed by atoms with van der Waals surface area (Å²) in [5, 5.41) is 3.47. The van der Waals surface area contributed by atoms with Crippen LogP contribution in [0.25, 0.3) is 0 Å². The van der Waals surface area contributed by atoms with Gasteiger partial charge in [-0.15, -0.1) is 0 Å². The third kappa shape index (κ3) is 4.31. The Balaban J connectivity index is 1.56. The van der Waals surface area contributed by atoms with Gasteiger partial charge < -0.3 is 5.32 Å². The summed E-state index contributed by atoms with van der Waals surface area (Å²) in [4.78, 5) is 0.358. The van der Waals surface area contributed by atoms with Gasteiger partial charge in [0.1, 0.15) is 5.82 Å². The number of halogens is 1. The van der Waals surface area contributed by atoms with Crippen molar-refractivity contribution in [3.8, 4) is 0 Å². The highest BCUT2D eigenvalue weighted by Crippen LogP contribution is 2.21. The number of nitrogens with zero attached hydrogens (tertiary/aromatic N) is 1. The van der Waals surface area contributed by atoms with Crippen LogP contribution in [0, 0.1) is 19.7 Å². The molecule has 26 heavy (non-hydrogen) atoms. The lowest BCUT2D eigenvalue weighted by Gasteiger charge is -2.32. The third-order valence-corrected chi connectivity index (χ3v) is 6.91. The smallest absolute Gasteiger partial charge is 0.243 e. The standard InChI is InChI=1S/C20H25FN2O2S/c1-15-3-7-20(8-4-15)26(24,25)23-11-9-19(10-12-23)22-14-17-5-6-18(21)13-16(17)2/h3-8,13,19,22H,9-12,14H2,1-2H3. The number of aryl methyl sites for hydroxylation is 2. The van der Waals surface area contributed by atoms with Gasteiger partial charge in [-0.3, -0.25) is 0 Å². The van der Waals surface area contributed by atoms with Crippen molar-refractivity contribution >= 4 is 10.0 Å². The lowest BCUT2D eigenvalue weighted by molar-refractivity contribution is 0.288. The van der Waals surface area contributed by atoms with Crippen LogP contribution in [0.1, 0.15) is 29.5 Å². The van der Waals surface area contributed by atoms with Crippen molar-refractivity contribution in [1.82, 2.24) is 9.62 Å². The second-order valence-electron chi connectivity index (χ2n) is 6.94. The molecule has 6 heteroatoms. The van der Waals surface area contributed by atoms with E-state index < -0.39 is 10.0 Å². The topological polar surface area (TPSA) is 49.4 Å². The predicted octanol–water partition coefficient (Wildman–Crippen LogP) is 3.39. The summed E-state index contributed by atoms with van der Waals surface area (Å²) in [7, 11) is -3.42. The first-order valence-electron chi connectivity index (χ1n) is 8.91. The summed E-state index contributed by atoms with van der Waals surface area (Å²) in [5.41, 5.74) is 3.04. The van der Waals surface area contributed by atoms with Gasteiger partial charge in [-0.1, -0.05) is 23.8 Å². The van der Waals surface area contributed by atoms with Crippen LogP contribution in [0.15, 0.2) is 47.4 Å². The average Bonchev–Trinajstić information content (AvgIpc) is 2.62. The molecule has 1 N–H and O–H groups in total. The fraction of sp³-hybridized carbons (Fsp3) is 0.400. The van der Waals surface area contributed by atoms with Gasteiger partial charge in [-0.25, -0.2) is 12.8 Å². The van der Waals surface area contributed by atoms with Crippen LogP contribution in [0.2, 0.25) is 0 Å². The minimum atomic E-state index is -3.42. The quantitative estimate of drug-likeness (QED) is 0.870. The Morgan fingerprint density at radius 1 is 1.08 bits per heavy atom. The Labute approximate surface area is 155 Å². The van der Waals surface area contributed by atoms with Crippen LogP contribution < -0.4 is 5.32 Å². The molecule has 140 valence electrons. The molecular formula is C20H25FN2O2S. The van der Waals surface area contributed by atoms with Gasteiger partial charge in [0, 0.05) is 25.7 Å². The Morgan fingerprint density at radius 2 is 1.73 bits per heavy atom. The van der Waals surface area contributed by atoms with E-state index in [4.69, 9.17) is 0 Å². The first kappa shape index (κ1) is 19.0. The van der Waals surface area contributed by atoms with E-state index in [1.807, 2.05) is 26.0 Å². The number of hydrogen-bond donors (Lipinski definition) is 1. The summed E-state index contributed by atoms with van der Waals surface area (Å²) < 4.78 is 40.2. The molecule has 2 aromatic carbocycles. The molecule has 1 heterocycles. The molecule has 0 spiro atoms. The Hall–Kier alpha value is -1.76. The summed E-state index contributed by atoms with van der Waals surface area (Å²) in [6.45, 7) is 5.53. The van der Waals surface area contributed by atoms with E-state index in [0.717, 1.165) is 29.5 Å². The van der Waals surface area contributed by atoms with Gasteiger partial charge >= 0.3 is 0 Å². The summed E-state index contributed by atoms with van der Waals surface area (Å²) in [6, 6.07) is 12.1. The first-order valence-corrected chi connectivity index (χ1v) is 10.4. The predicted molar refractivity (Wildman–Crippen MR) is 101 cm³/mol. The number of rotatable bonds is 5. The molecule has 1 fully saturated rings. The molecule has 0 unspecified atom stereocenters. The first-order chi connectivity index (χ1) is 12.4. The maximum atomic E-state index is 13.2. The normalized spacial score (nSPS) is 16.7. The van der Waals surface area contributed by atoms with Gasteiger partial charge in [0.05, 0.1) is 4.90 Å². The lowest BCUT2D eigenvalue weighted by Crippen LogP contribution is -2.44. The molecule has 3 rings (SSSR count). The number of piperidine rings is 1. The largest absolute Gasteiger partial charge is 0.310 e. The second-order valence-corrected chi connectivity index (χ2v) is 8.88. The molecule has 1 saturated heterocycles. The van der Waals surface area contributed by atoms with Gasteiger partial charge in [-0.2, -0.15) is 4.31 Å². The molecule has 2 aromatic rings. The van der Waals surface area contributed by atoms with Crippen LogP contribution >= 0.6 is 0 Å². The van der Waals surface area contributed by atoms with E-state index in [1.54, 1.807) is 22.5 Å². The van der Waals surface area contributed by atoms with Gasteiger partial charge in [0.2, 0.25) is 10.0 Å². The van der Waals surface area contributed by atoms with Gasteiger partial charge in [-0.05, 0) is 62.1 Å². The van der Waals surface area contributed by atoms with E-state index in [1.165, 1.54) is 12.1 Å². The van der Waals surface area contributed by atoms with Crippen molar-refractivity contribution in [2.45, 2.75) is 44.2 Å². The molecule has 0 atom stereocenters. The van der Waals surface area contributed by atoms with E-state index >= 15 is 0 Å². The SMILES string of the molecule is Cc1ccc(S(=O)(=O)N2CCC(NCc3ccc(F)cc3C)CC2)cc1. The maximum absolute atomic E-state index is 13.2. The fourth-order valence-electron chi connectivity index (χ4n) is 3.27. The third-order valence-electron chi connectivity index (χ3n) is 5.00. The second kappa shape index (κ2) is 7.86. The number of hydrogen-bond acceptors (Lipinski definition) is 3. The van der Waals surface area contributed by atoms with E-state index in [9.17, 15) is 12.8 Å². The summed E-state index contributed by atoms with van der Waals surface area (Å²) >= 11 is 0. The fourth-order valence-corrected chi connectivity index (χ4v) is 4.74. The number of sulfonamides is 1. The maximum Gasteiger partial charge on any atom is 0.243 e. The molecule has 0 bridgehead atoms.